The molecule has 0 bridgehead atoms. The largest absolute Gasteiger partial charge is 0.335 e. The van der Waals surface area contributed by atoms with Gasteiger partial charge in [-0.2, -0.15) is 0 Å². The van der Waals surface area contributed by atoms with E-state index in [4.69, 9.17) is 0 Å². The first-order valence-electron chi connectivity index (χ1n) is 5.95. The number of urea groups is 1. The molecule has 2 aliphatic rings. The molecule has 0 aliphatic heterocycles. The Morgan fingerprint density at radius 2 is 1.88 bits per heavy atom. The highest BCUT2D eigenvalue weighted by molar-refractivity contribution is 5.75. The van der Waals surface area contributed by atoms with Gasteiger partial charge in [-0.05, 0) is 24.8 Å². The maximum atomic E-state index is 11.5. The van der Waals surface area contributed by atoms with Gasteiger partial charge in [-0.3, -0.25) is 0 Å². The van der Waals surface area contributed by atoms with Crippen molar-refractivity contribution in [1.82, 2.24) is 10.6 Å². The van der Waals surface area contributed by atoms with Crippen LogP contribution in [0.5, 0.6) is 0 Å². The normalized spacial score (nSPS) is 27.2. The average Bonchev–Trinajstić information content (AvgIpc) is 3.16. The maximum Gasteiger partial charge on any atom is 0.315 e. The summed E-state index contributed by atoms with van der Waals surface area (Å²) in [6, 6.07) is 11.2. The van der Waals surface area contributed by atoms with E-state index in [-0.39, 0.29) is 6.03 Å². The highest BCUT2D eigenvalue weighted by Crippen LogP contribution is 2.40. The molecule has 3 heteroatoms. The number of rotatable bonds is 3. The molecule has 84 valence electrons. The molecule has 0 heterocycles. The fourth-order valence-corrected chi connectivity index (χ4v) is 2.05. The summed E-state index contributed by atoms with van der Waals surface area (Å²) in [6.07, 6.45) is 3.35. The third-order valence-corrected chi connectivity index (χ3v) is 3.25. The summed E-state index contributed by atoms with van der Waals surface area (Å²) >= 11 is 0. The van der Waals surface area contributed by atoms with Gasteiger partial charge >= 0.3 is 6.03 Å². The molecule has 1 aromatic carbocycles. The summed E-state index contributed by atoms with van der Waals surface area (Å²) in [4.78, 5) is 11.5. The highest BCUT2D eigenvalue weighted by atomic mass is 16.2. The summed E-state index contributed by atoms with van der Waals surface area (Å²) in [7, 11) is 0. The Balaban J connectivity index is 1.50. The van der Waals surface area contributed by atoms with Gasteiger partial charge in [0.1, 0.15) is 0 Å². The van der Waals surface area contributed by atoms with Crippen LogP contribution < -0.4 is 10.6 Å². The molecule has 0 radical (unpaired) electrons. The first-order valence-corrected chi connectivity index (χ1v) is 5.95. The van der Waals surface area contributed by atoms with Gasteiger partial charge in [-0.1, -0.05) is 30.3 Å². The minimum atomic E-state index is 0.00549. The molecule has 2 fully saturated rings. The summed E-state index contributed by atoms with van der Waals surface area (Å²) in [5.74, 6) is 0.520. The molecule has 2 amide bonds. The predicted octanol–water partition coefficient (Wildman–Crippen LogP) is 2.00. The van der Waals surface area contributed by atoms with Crippen molar-refractivity contribution in [3.8, 4) is 0 Å². The van der Waals surface area contributed by atoms with Gasteiger partial charge in [-0.15, -0.1) is 0 Å². The van der Waals surface area contributed by atoms with E-state index in [1.807, 2.05) is 6.07 Å². The lowest BCUT2D eigenvalue weighted by Gasteiger charge is -2.05. The van der Waals surface area contributed by atoms with E-state index < -0.39 is 0 Å². The lowest BCUT2D eigenvalue weighted by atomic mass is 10.1. The standard InChI is InChI=1S/C13H16N2O/c16-13(14-10-6-7-10)15-12-8-11(12)9-4-2-1-3-5-9/h1-5,10-12H,6-8H2,(H2,14,15,16). The number of carbonyl (C=O) groups excluding carboxylic acids is 1. The van der Waals surface area contributed by atoms with Crippen molar-refractivity contribution in [2.24, 2.45) is 0 Å². The molecular weight excluding hydrogens is 200 g/mol. The molecule has 1 aromatic rings. The SMILES string of the molecule is O=C(NC1CC1)NC1CC1c1ccccc1. The molecule has 0 spiro atoms. The summed E-state index contributed by atoms with van der Waals surface area (Å²) < 4.78 is 0. The van der Waals surface area contributed by atoms with Gasteiger partial charge < -0.3 is 10.6 Å². The zero-order chi connectivity index (χ0) is 11.0. The zero-order valence-electron chi connectivity index (χ0n) is 9.15. The lowest BCUT2D eigenvalue weighted by Crippen LogP contribution is -2.38. The van der Waals surface area contributed by atoms with E-state index in [2.05, 4.69) is 34.9 Å². The van der Waals surface area contributed by atoms with Gasteiger partial charge in [0, 0.05) is 18.0 Å². The maximum absolute atomic E-state index is 11.5. The topological polar surface area (TPSA) is 41.1 Å². The number of hydrogen-bond acceptors (Lipinski definition) is 1. The van der Waals surface area contributed by atoms with Crippen molar-refractivity contribution in [1.29, 1.82) is 0 Å². The van der Waals surface area contributed by atoms with Crippen LogP contribution in [-0.4, -0.2) is 18.1 Å². The Labute approximate surface area is 95.2 Å². The first kappa shape index (κ1) is 9.70. The highest BCUT2D eigenvalue weighted by Gasteiger charge is 2.39. The van der Waals surface area contributed by atoms with Crippen LogP contribution >= 0.6 is 0 Å². The molecule has 2 aliphatic carbocycles. The van der Waals surface area contributed by atoms with Crippen LogP contribution in [0, 0.1) is 0 Å². The second-order valence-corrected chi connectivity index (χ2v) is 4.75. The third kappa shape index (κ3) is 2.18. The van der Waals surface area contributed by atoms with Crippen LogP contribution in [0.15, 0.2) is 30.3 Å². The van der Waals surface area contributed by atoms with Crippen molar-refractivity contribution in [2.45, 2.75) is 37.3 Å². The monoisotopic (exact) mass is 216 g/mol. The Morgan fingerprint density at radius 3 is 2.56 bits per heavy atom. The van der Waals surface area contributed by atoms with Crippen molar-refractivity contribution in [3.05, 3.63) is 35.9 Å². The fraction of sp³-hybridized carbons (Fsp3) is 0.462. The smallest absolute Gasteiger partial charge is 0.315 e. The number of hydrogen-bond donors (Lipinski definition) is 2. The second-order valence-electron chi connectivity index (χ2n) is 4.75. The van der Waals surface area contributed by atoms with Crippen LogP contribution in [0.1, 0.15) is 30.7 Å². The van der Waals surface area contributed by atoms with Crippen LogP contribution in [0.25, 0.3) is 0 Å². The van der Waals surface area contributed by atoms with Crippen molar-refractivity contribution in [2.75, 3.05) is 0 Å². The molecule has 0 saturated heterocycles. The van der Waals surface area contributed by atoms with Crippen molar-refractivity contribution >= 4 is 6.03 Å². The molecule has 2 atom stereocenters. The number of amides is 2. The van der Waals surface area contributed by atoms with E-state index in [1.54, 1.807) is 0 Å². The van der Waals surface area contributed by atoms with E-state index in [0.29, 0.717) is 18.0 Å². The Hall–Kier alpha value is -1.51. The molecule has 3 rings (SSSR count). The molecule has 3 nitrogen and oxygen atoms in total. The average molecular weight is 216 g/mol. The van der Waals surface area contributed by atoms with Crippen molar-refractivity contribution < 1.29 is 4.79 Å². The summed E-state index contributed by atoms with van der Waals surface area (Å²) in [5.41, 5.74) is 1.33. The number of benzene rings is 1. The van der Waals surface area contributed by atoms with Crippen LogP contribution in [-0.2, 0) is 0 Å². The minimum absolute atomic E-state index is 0.00549. The first-order chi connectivity index (χ1) is 7.83. The van der Waals surface area contributed by atoms with Crippen LogP contribution in [0.3, 0.4) is 0 Å². The molecule has 2 saturated carbocycles. The molecule has 2 unspecified atom stereocenters. The van der Waals surface area contributed by atoms with E-state index in [9.17, 15) is 4.79 Å². The summed E-state index contributed by atoms with van der Waals surface area (Å²) in [6.45, 7) is 0. The Bertz CT molecular complexity index is 386. The van der Waals surface area contributed by atoms with Gasteiger partial charge in [0.25, 0.3) is 0 Å². The van der Waals surface area contributed by atoms with E-state index in [1.165, 1.54) is 5.56 Å². The number of carbonyl (C=O) groups is 1. The van der Waals surface area contributed by atoms with E-state index in [0.717, 1.165) is 19.3 Å². The van der Waals surface area contributed by atoms with Crippen LogP contribution in [0.2, 0.25) is 0 Å². The lowest BCUT2D eigenvalue weighted by molar-refractivity contribution is 0.240. The quantitative estimate of drug-likeness (QED) is 0.797. The zero-order valence-corrected chi connectivity index (χ0v) is 9.15. The molecule has 2 N–H and O–H groups in total. The van der Waals surface area contributed by atoms with Crippen LogP contribution in [0.4, 0.5) is 4.79 Å². The predicted molar refractivity (Wildman–Crippen MR) is 62.3 cm³/mol. The van der Waals surface area contributed by atoms with Gasteiger partial charge in [0.15, 0.2) is 0 Å². The van der Waals surface area contributed by atoms with Gasteiger partial charge in [0.2, 0.25) is 0 Å². The molecular formula is C13H16N2O. The van der Waals surface area contributed by atoms with Gasteiger partial charge in [0.05, 0.1) is 0 Å². The second kappa shape index (κ2) is 3.81. The summed E-state index contributed by atoms with van der Waals surface area (Å²) in [5, 5.41) is 5.97. The van der Waals surface area contributed by atoms with Gasteiger partial charge in [-0.25, -0.2) is 4.79 Å². The van der Waals surface area contributed by atoms with E-state index >= 15 is 0 Å². The molecule has 16 heavy (non-hydrogen) atoms. The Kier molecular flexibility index (Phi) is 2.31. The third-order valence-electron chi connectivity index (χ3n) is 3.25. The van der Waals surface area contributed by atoms with Crippen molar-refractivity contribution in [3.63, 3.8) is 0 Å². The molecule has 0 aromatic heterocycles. The fourth-order valence-electron chi connectivity index (χ4n) is 2.05. The minimum Gasteiger partial charge on any atom is -0.335 e. The Morgan fingerprint density at radius 1 is 1.12 bits per heavy atom. The number of nitrogens with one attached hydrogen (secondary N) is 2.